The Morgan fingerprint density at radius 1 is 1.58 bits per heavy atom. The van der Waals surface area contributed by atoms with Gasteiger partial charge in [0, 0.05) is 14.5 Å². The minimum Gasteiger partial charge on any atom is -0.142 e. The van der Waals surface area contributed by atoms with Crippen LogP contribution in [0.2, 0.25) is 0 Å². The molecule has 0 aliphatic rings. The lowest BCUT2D eigenvalue weighted by Crippen LogP contribution is -1.64. The summed E-state index contributed by atoms with van der Waals surface area (Å²) in [6, 6.07) is 2.18. The van der Waals surface area contributed by atoms with E-state index in [2.05, 4.69) is 24.3 Å². The van der Waals surface area contributed by atoms with Crippen molar-refractivity contribution in [1.29, 1.82) is 0 Å². The van der Waals surface area contributed by atoms with E-state index in [1.807, 2.05) is 40.5 Å². The van der Waals surface area contributed by atoms with Crippen molar-refractivity contribution in [3.05, 3.63) is 22.9 Å². The first-order valence-electron chi connectivity index (χ1n) is 3.53. The molecule has 2 heterocycles. The molecule has 12 heavy (non-hydrogen) atoms. The van der Waals surface area contributed by atoms with Crippen LogP contribution in [0.1, 0.15) is 4.88 Å². The fraction of sp³-hybridized carbons (Fsp3) is 0.111. The van der Waals surface area contributed by atoms with Crippen LogP contribution in [0.3, 0.4) is 0 Å². The van der Waals surface area contributed by atoms with Crippen molar-refractivity contribution in [2.24, 2.45) is 0 Å². The quantitative estimate of drug-likeness (QED) is 0.668. The Bertz CT molecular complexity index is 408. The maximum Gasteiger partial charge on any atom is 0.0592 e. The Hall–Kier alpha value is -0.250. The molecule has 0 amide bonds. The molecule has 0 nitrogen and oxygen atoms in total. The van der Waals surface area contributed by atoms with Gasteiger partial charge in [-0.05, 0) is 17.7 Å². The highest BCUT2D eigenvalue weighted by Gasteiger charge is 2.09. The first-order chi connectivity index (χ1) is 5.86. The molecule has 2 aromatic rings. The Kier molecular flexibility index (Phi) is 2.26. The fourth-order valence-corrected chi connectivity index (χ4v) is 4.57. The lowest BCUT2D eigenvalue weighted by atomic mass is 10.4. The van der Waals surface area contributed by atoms with E-state index in [0.29, 0.717) is 0 Å². The topological polar surface area (TPSA) is 0 Å². The molecule has 0 atom stereocenters. The highest BCUT2D eigenvalue weighted by Crippen LogP contribution is 2.40. The predicted octanol–water partition coefficient (Wildman–Crippen LogP) is 4.33. The summed E-state index contributed by atoms with van der Waals surface area (Å²) in [7, 11) is 0. The highest BCUT2D eigenvalue weighted by molar-refractivity contribution is 7.99. The van der Waals surface area contributed by atoms with E-state index in [9.17, 15) is 0 Å². The van der Waals surface area contributed by atoms with Crippen LogP contribution in [-0.4, -0.2) is 6.26 Å². The number of hydrogen-bond donors (Lipinski definition) is 0. The van der Waals surface area contributed by atoms with Gasteiger partial charge in [0.25, 0.3) is 0 Å². The summed E-state index contributed by atoms with van der Waals surface area (Å²) in [5.74, 6) is 0. The average Bonchev–Trinajstić information content (AvgIpc) is 2.61. The molecule has 0 N–H and O–H groups in total. The van der Waals surface area contributed by atoms with Crippen LogP contribution in [0.25, 0.3) is 15.5 Å². The molecule has 0 saturated carbocycles. The maximum absolute atomic E-state index is 3.82. The molecule has 0 aliphatic carbocycles. The third kappa shape index (κ3) is 1.13. The Balaban J connectivity index is 2.78. The molecule has 0 bridgehead atoms. The van der Waals surface area contributed by atoms with Crippen LogP contribution in [0.5, 0.6) is 0 Å². The van der Waals surface area contributed by atoms with Gasteiger partial charge >= 0.3 is 0 Å². The normalized spacial score (nSPS) is 10.8. The molecule has 0 aromatic carbocycles. The molecular formula is C9H8S3. The van der Waals surface area contributed by atoms with Crippen LogP contribution in [0.4, 0.5) is 0 Å². The summed E-state index contributed by atoms with van der Waals surface area (Å²) in [5.41, 5.74) is 0. The minimum absolute atomic E-state index is 1.31. The van der Waals surface area contributed by atoms with E-state index in [4.69, 9.17) is 0 Å². The maximum atomic E-state index is 3.82. The predicted molar refractivity (Wildman–Crippen MR) is 61.6 cm³/mol. The zero-order chi connectivity index (χ0) is 8.55. The summed E-state index contributed by atoms with van der Waals surface area (Å²) in [4.78, 5) is 2.70. The Morgan fingerprint density at radius 3 is 3.08 bits per heavy atom. The summed E-state index contributed by atoms with van der Waals surface area (Å²) >= 11 is 5.45. The molecule has 3 heteroatoms. The van der Waals surface area contributed by atoms with Crippen molar-refractivity contribution in [2.45, 2.75) is 4.90 Å². The van der Waals surface area contributed by atoms with Gasteiger partial charge in [0.1, 0.15) is 0 Å². The summed E-state index contributed by atoms with van der Waals surface area (Å²) in [6.45, 7) is 3.82. The Morgan fingerprint density at radius 2 is 2.42 bits per heavy atom. The van der Waals surface area contributed by atoms with Gasteiger partial charge in [0.2, 0.25) is 0 Å². The van der Waals surface area contributed by atoms with Crippen molar-refractivity contribution >= 4 is 49.9 Å². The lowest BCUT2D eigenvalue weighted by molar-refractivity contribution is 1.67. The average molecular weight is 212 g/mol. The van der Waals surface area contributed by atoms with Gasteiger partial charge in [0.15, 0.2) is 0 Å². The van der Waals surface area contributed by atoms with Gasteiger partial charge in [-0.25, -0.2) is 0 Å². The smallest absolute Gasteiger partial charge is 0.0592 e. The van der Waals surface area contributed by atoms with Gasteiger partial charge in [-0.1, -0.05) is 12.7 Å². The second-order valence-electron chi connectivity index (χ2n) is 2.32. The van der Waals surface area contributed by atoms with Gasteiger partial charge in [-0.15, -0.1) is 34.4 Å². The molecule has 0 spiro atoms. The third-order valence-electron chi connectivity index (χ3n) is 1.67. The lowest BCUT2D eigenvalue weighted by Gasteiger charge is -1.91. The van der Waals surface area contributed by atoms with E-state index in [-0.39, 0.29) is 0 Å². The molecule has 0 aliphatic heterocycles. The molecular weight excluding hydrogens is 204 g/mol. The largest absolute Gasteiger partial charge is 0.142 e. The zero-order valence-corrected chi connectivity index (χ0v) is 9.11. The number of thioether (sulfide) groups is 1. The van der Waals surface area contributed by atoms with E-state index in [1.165, 1.54) is 19.2 Å². The molecule has 0 unspecified atom stereocenters. The van der Waals surface area contributed by atoms with E-state index >= 15 is 0 Å². The first kappa shape index (κ1) is 8.35. The van der Waals surface area contributed by atoms with E-state index < -0.39 is 0 Å². The van der Waals surface area contributed by atoms with Crippen molar-refractivity contribution in [3.8, 4) is 0 Å². The number of fused-ring (bicyclic) bond motifs is 1. The summed E-state index contributed by atoms with van der Waals surface area (Å²) in [6.07, 6.45) is 4.07. The van der Waals surface area contributed by atoms with Crippen LogP contribution < -0.4 is 0 Å². The van der Waals surface area contributed by atoms with Gasteiger partial charge < -0.3 is 0 Å². The second kappa shape index (κ2) is 3.24. The van der Waals surface area contributed by atoms with E-state index in [1.54, 1.807) is 0 Å². The first-order valence-corrected chi connectivity index (χ1v) is 6.45. The highest BCUT2D eigenvalue weighted by atomic mass is 32.2. The number of thiophene rings is 2. The van der Waals surface area contributed by atoms with E-state index in [0.717, 1.165) is 0 Å². The van der Waals surface area contributed by atoms with Crippen LogP contribution in [0.15, 0.2) is 22.9 Å². The SMILES string of the molecule is C=Cc1sc2ccsc2c1SC. The van der Waals surface area contributed by atoms with Crippen LogP contribution in [-0.2, 0) is 0 Å². The number of rotatable bonds is 2. The standard InChI is InChI=1S/C9H8S3/c1-3-6-8(10-2)9-7(12-6)4-5-11-9/h3-5H,1H2,2H3. The minimum atomic E-state index is 1.31. The molecule has 0 radical (unpaired) electrons. The fourth-order valence-electron chi connectivity index (χ4n) is 1.15. The number of hydrogen-bond acceptors (Lipinski definition) is 3. The van der Waals surface area contributed by atoms with Gasteiger partial charge in [-0.3, -0.25) is 0 Å². The summed E-state index contributed by atoms with van der Waals surface area (Å²) < 4.78 is 2.81. The third-order valence-corrected chi connectivity index (χ3v) is 4.97. The summed E-state index contributed by atoms with van der Waals surface area (Å²) in [5, 5.41) is 2.15. The van der Waals surface area contributed by atoms with Crippen molar-refractivity contribution < 1.29 is 0 Å². The zero-order valence-electron chi connectivity index (χ0n) is 6.66. The van der Waals surface area contributed by atoms with Gasteiger partial charge in [-0.2, -0.15) is 0 Å². The van der Waals surface area contributed by atoms with Crippen molar-refractivity contribution in [3.63, 3.8) is 0 Å². The molecule has 2 rings (SSSR count). The van der Waals surface area contributed by atoms with Crippen LogP contribution >= 0.6 is 34.4 Å². The molecule has 0 saturated heterocycles. The molecule has 0 fully saturated rings. The van der Waals surface area contributed by atoms with Crippen LogP contribution in [0, 0.1) is 0 Å². The molecule has 2 aromatic heterocycles. The second-order valence-corrected chi connectivity index (χ2v) is 5.13. The van der Waals surface area contributed by atoms with Crippen molar-refractivity contribution in [1.82, 2.24) is 0 Å². The van der Waals surface area contributed by atoms with Gasteiger partial charge in [0.05, 0.1) is 4.70 Å². The monoisotopic (exact) mass is 212 g/mol. The van der Waals surface area contributed by atoms with Crippen molar-refractivity contribution in [2.75, 3.05) is 6.26 Å². The molecule has 62 valence electrons. The Labute approximate surface area is 83.9 Å².